The lowest BCUT2D eigenvalue weighted by molar-refractivity contribution is -0.0883. The third-order valence-corrected chi connectivity index (χ3v) is 4.77. The van der Waals surface area contributed by atoms with Gasteiger partial charge in [-0.15, -0.1) is 0 Å². The van der Waals surface area contributed by atoms with Crippen LogP contribution in [0.15, 0.2) is 34.9 Å². The molecule has 0 aliphatic heterocycles. The molecule has 0 spiro atoms. The van der Waals surface area contributed by atoms with Crippen molar-refractivity contribution in [3.05, 3.63) is 41.4 Å². The van der Waals surface area contributed by atoms with Gasteiger partial charge in [0.1, 0.15) is 5.57 Å². The zero-order chi connectivity index (χ0) is 11.8. The molecule has 4 bridgehead atoms. The lowest BCUT2D eigenvalue weighted by atomic mass is 9.92. The SMILES string of the molecule is FC(F)(F)C1=C/C(=C2\C3CC4C(C3)C24)[CH+]C=C1. The van der Waals surface area contributed by atoms with Gasteiger partial charge < -0.3 is 0 Å². The monoisotopic (exact) mass is 237 g/mol. The van der Waals surface area contributed by atoms with Crippen LogP contribution in [0.2, 0.25) is 0 Å². The molecule has 0 nitrogen and oxygen atoms in total. The predicted octanol–water partition coefficient (Wildman–Crippen LogP) is 3.83. The molecular weight excluding hydrogens is 225 g/mol. The molecule has 88 valence electrons. The summed E-state index contributed by atoms with van der Waals surface area (Å²) in [6.45, 7) is 0. The molecule has 4 saturated carbocycles. The summed E-state index contributed by atoms with van der Waals surface area (Å²) in [5.74, 6) is 2.83. The van der Waals surface area contributed by atoms with E-state index in [9.17, 15) is 13.2 Å². The summed E-state index contributed by atoms with van der Waals surface area (Å²) < 4.78 is 38.0. The summed E-state index contributed by atoms with van der Waals surface area (Å²) in [6, 6.07) is 0. The molecule has 0 aromatic rings. The Morgan fingerprint density at radius 2 is 1.88 bits per heavy atom. The van der Waals surface area contributed by atoms with E-state index in [1.54, 1.807) is 0 Å². The number of rotatable bonds is 0. The van der Waals surface area contributed by atoms with E-state index in [-0.39, 0.29) is 0 Å². The van der Waals surface area contributed by atoms with E-state index in [4.69, 9.17) is 0 Å². The highest BCUT2D eigenvalue weighted by Crippen LogP contribution is 2.73. The van der Waals surface area contributed by atoms with Gasteiger partial charge in [-0.1, -0.05) is 0 Å². The molecule has 2 atom stereocenters. The van der Waals surface area contributed by atoms with Gasteiger partial charge in [0.15, 0.2) is 0 Å². The maximum absolute atomic E-state index is 12.7. The lowest BCUT2D eigenvalue weighted by Crippen LogP contribution is -2.12. The van der Waals surface area contributed by atoms with Crippen LogP contribution in [-0.4, -0.2) is 6.18 Å². The molecular formula is C14H12F3+. The van der Waals surface area contributed by atoms with Crippen LogP contribution in [0.3, 0.4) is 0 Å². The molecule has 4 fully saturated rings. The largest absolute Gasteiger partial charge is 0.434 e. The minimum absolute atomic E-state index is 0.510. The van der Waals surface area contributed by atoms with E-state index in [1.807, 2.05) is 6.42 Å². The van der Waals surface area contributed by atoms with Gasteiger partial charge in [-0.3, -0.25) is 0 Å². The molecule has 2 unspecified atom stereocenters. The minimum Gasteiger partial charge on any atom is -0.164 e. The number of halogens is 3. The van der Waals surface area contributed by atoms with E-state index >= 15 is 0 Å². The minimum atomic E-state index is -4.22. The lowest BCUT2D eigenvalue weighted by Gasteiger charge is -2.10. The van der Waals surface area contributed by atoms with Crippen molar-refractivity contribution < 1.29 is 13.2 Å². The van der Waals surface area contributed by atoms with Gasteiger partial charge in [0.25, 0.3) is 0 Å². The Bertz CT molecular complexity index is 462. The second-order valence-electron chi connectivity index (χ2n) is 5.56. The summed E-state index contributed by atoms with van der Waals surface area (Å²) >= 11 is 0. The second kappa shape index (κ2) is 2.82. The van der Waals surface area contributed by atoms with Gasteiger partial charge in [0.05, 0.1) is 5.57 Å². The predicted molar refractivity (Wildman–Crippen MR) is 57.8 cm³/mol. The Hall–Kier alpha value is -1.12. The second-order valence-corrected chi connectivity index (χ2v) is 5.56. The van der Waals surface area contributed by atoms with Gasteiger partial charge in [-0.05, 0) is 24.7 Å². The van der Waals surface area contributed by atoms with Crippen molar-refractivity contribution >= 4 is 0 Å². The molecule has 0 heterocycles. The summed E-state index contributed by atoms with van der Waals surface area (Å²) in [7, 11) is 0. The Morgan fingerprint density at radius 1 is 1.18 bits per heavy atom. The standard InChI is InChI=1S/C14H12F3/c15-14(16,17)9-3-1-2-7(4-9)12-8-5-10-11(6-8)13(10)12/h1-4,8,10-11,13H,5-6H2/q+1/b12-7+. The molecule has 3 heteroatoms. The first kappa shape index (κ1) is 9.86. The van der Waals surface area contributed by atoms with Crippen molar-refractivity contribution in [2.24, 2.45) is 23.7 Å². The summed E-state index contributed by atoms with van der Waals surface area (Å²) in [6.07, 6.45) is 4.11. The molecule has 5 rings (SSSR count). The first-order chi connectivity index (χ1) is 8.05. The number of alkyl halides is 3. The van der Waals surface area contributed by atoms with Crippen LogP contribution in [0.1, 0.15) is 12.8 Å². The summed E-state index contributed by atoms with van der Waals surface area (Å²) in [5, 5.41) is 0. The fourth-order valence-electron chi connectivity index (χ4n) is 4.13. The molecule has 0 amide bonds. The normalized spacial score (nSPS) is 45.9. The van der Waals surface area contributed by atoms with E-state index in [0.29, 0.717) is 11.8 Å². The van der Waals surface area contributed by atoms with Gasteiger partial charge in [-0.25, -0.2) is 0 Å². The molecule has 0 N–H and O–H groups in total. The zero-order valence-electron chi connectivity index (χ0n) is 9.17. The Kier molecular flexibility index (Phi) is 1.64. The highest BCUT2D eigenvalue weighted by molar-refractivity contribution is 5.53. The number of hydrogen-bond acceptors (Lipinski definition) is 0. The van der Waals surface area contributed by atoms with Crippen molar-refractivity contribution in [1.29, 1.82) is 0 Å². The maximum Gasteiger partial charge on any atom is 0.434 e. The van der Waals surface area contributed by atoms with Crippen LogP contribution in [0.25, 0.3) is 0 Å². The fourth-order valence-corrected chi connectivity index (χ4v) is 4.13. The van der Waals surface area contributed by atoms with Crippen molar-refractivity contribution in [2.45, 2.75) is 19.0 Å². The van der Waals surface area contributed by atoms with Gasteiger partial charge in [0, 0.05) is 42.1 Å². The third kappa shape index (κ3) is 1.23. The molecule has 0 aromatic heterocycles. The van der Waals surface area contributed by atoms with Gasteiger partial charge >= 0.3 is 6.18 Å². The van der Waals surface area contributed by atoms with Crippen molar-refractivity contribution in [2.75, 3.05) is 0 Å². The van der Waals surface area contributed by atoms with Crippen LogP contribution in [0.5, 0.6) is 0 Å². The maximum atomic E-state index is 12.7. The Balaban J connectivity index is 1.75. The smallest absolute Gasteiger partial charge is 0.164 e. The fraction of sp³-hybridized carbons (Fsp3) is 0.500. The number of hydrogen-bond donors (Lipinski definition) is 0. The van der Waals surface area contributed by atoms with E-state index in [2.05, 4.69) is 0 Å². The first-order valence-corrected chi connectivity index (χ1v) is 6.10. The molecule has 0 saturated heterocycles. The van der Waals surface area contributed by atoms with Crippen LogP contribution in [-0.2, 0) is 0 Å². The van der Waals surface area contributed by atoms with Crippen LogP contribution in [0.4, 0.5) is 13.2 Å². The first-order valence-electron chi connectivity index (χ1n) is 6.10. The van der Waals surface area contributed by atoms with Crippen LogP contribution in [0, 0.1) is 30.1 Å². The van der Waals surface area contributed by atoms with Crippen LogP contribution >= 0.6 is 0 Å². The Labute approximate surface area is 97.9 Å². The highest BCUT2D eigenvalue weighted by atomic mass is 19.4. The quantitative estimate of drug-likeness (QED) is 0.562. The molecule has 0 radical (unpaired) electrons. The average molecular weight is 237 g/mol. The van der Waals surface area contributed by atoms with Crippen molar-refractivity contribution in [3.63, 3.8) is 0 Å². The van der Waals surface area contributed by atoms with Crippen molar-refractivity contribution in [3.8, 4) is 0 Å². The molecule has 5 aliphatic carbocycles. The van der Waals surface area contributed by atoms with Gasteiger partial charge in [0.2, 0.25) is 0 Å². The van der Waals surface area contributed by atoms with Crippen molar-refractivity contribution in [1.82, 2.24) is 0 Å². The molecule has 17 heavy (non-hydrogen) atoms. The summed E-state index contributed by atoms with van der Waals surface area (Å²) in [4.78, 5) is 0. The Morgan fingerprint density at radius 3 is 2.41 bits per heavy atom. The highest BCUT2D eigenvalue weighted by Gasteiger charge is 2.69. The molecule has 5 aliphatic rings. The van der Waals surface area contributed by atoms with Gasteiger partial charge in [-0.2, -0.15) is 13.2 Å². The topological polar surface area (TPSA) is 0 Å². The third-order valence-electron chi connectivity index (χ3n) is 4.77. The average Bonchev–Trinajstić information content (AvgIpc) is 2.74. The summed E-state index contributed by atoms with van der Waals surface area (Å²) in [5.41, 5.74) is 1.66. The zero-order valence-corrected chi connectivity index (χ0v) is 9.17. The number of allylic oxidation sites excluding steroid dienone is 6. The van der Waals surface area contributed by atoms with E-state index < -0.39 is 11.7 Å². The van der Waals surface area contributed by atoms with Crippen LogP contribution < -0.4 is 0 Å². The van der Waals surface area contributed by atoms with E-state index in [0.717, 1.165) is 23.5 Å². The molecule has 0 aromatic carbocycles. The van der Waals surface area contributed by atoms with E-state index in [1.165, 1.54) is 30.6 Å².